The van der Waals surface area contributed by atoms with Crippen LogP contribution in [-0.2, 0) is 0 Å². The van der Waals surface area contributed by atoms with Gasteiger partial charge in [-0.2, -0.15) is 0 Å². The van der Waals surface area contributed by atoms with Gasteiger partial charge in [0.2, 0.25) is 0 Å². The van der Waals surface area contributed by atoms with E-state index in [1.807, 2.05) is 25.1 Å². The molecule has 3 rings (SSSR count). The zero-order chi connectivity index (χ0) is 20.3. The number of rotatable bonds is 6. The molecule has 2 N–H and O–H groups in total. The van der Waals surface area contributed by atoms with E-state index < -0.39 is 6.04 Å². The van der Waals surface area contributed by atoms with E-state index in [4.69, 9.17) is 26.4 Å². The number of nitrogens with one attached hydrogen (secondary N) is 2. The van der Waals surface area contributed by atoms with Gasteiger partial charge in [-0.05, 0) is 25.2 Å². The van der Waals surface area contributed by atoms with Gasteiger partial charge in [-0.3, -0.25) is 4.79 Å². The molecule has 7 heteroatoms. The molecular weight excluding hydrogens is 376 g/mol. The average molecular weight is 398 g/mol. The second-order valence-electron chi connectivity index (χ2n) is 6.21. The second-order valence-corrected chi connectivity index (χ2v) is 6.62. The molecule has 0 amide bonds. The molecule has 0 aromatic heterocycles. The molecule has 146 valence electrons. The minimum absolute atomic E-state index is 0.0950. The molecule has 6 nitrogen and oxygen atoms in total. The Labute approximate surface area is 169 Å². The molecule has 0 aliphatic carbocycles. The first-order valence-corrected chi connectivity index (χ1v) is 9.09. The van der Waals surface area contributed by atoms with Crippen LogP contribution < -0.4 is 24.8 Å². The molecule has 1 aliphatic rings. The van der Waals surface area contributed by atoms with Crippen molar-refractivity contribution in [3.05, 3.63) is 64.9 Å². The Hall–Kier alpha value is -3.06. The highest BCUT2D eigenvalue weighted by Crippen LogP contribution is 2.41. The van der Waals surface area contributed by atoms with Crippen molar-refractivity contribution in [1.29, 1.82) is 0 Å². The minimum atomic E-state index is -0.504. The molecule has 0 bridgehead atoms. The largest absolute Gasteiger partial charge is 0.496 e. The van der Waals surface area contributed by atoms with E-state index in [1.54, 1.807) is 45.6 Å². The van der Waals surface area contributed by atoms with Gasteiger partial charge in [-0.1, -0.05) is 30.3 Å². The van der Waals surface area contributed by atoms with Gasteiger partial charge in [0, 0.05) is 28.5 Å². The molecule has 0 saturated heterocycles. The number of benzene rings is 2. The fourth-order valence-corrected chi connectivity index (χ4v) is 3.52. The summed E-state index contributed by atoms with van der Waals surface area (Å²) in [5, 5.41) is 6.68. The summed E-state index contributed by atoms with van der Waals surface area (Å²) in [5.74, 6) is 1.54. The monoisotopic (exact) mass is 398 g/mol. The first kappa shape index (κ1) is 19.7. The van der Waals surface area contributed by atoms with Gasteiger partial charge < -0.3 is 24.8 Å². The molecule has 0 saturated carbocycles. The first-order chi connectivity index (χ1) is 13.5. The third-order valence-corrected chi connectivity index (χ3v) is 4.82. The summed E-state index contributed by atoms with van der Waals surface area (Å²) >= 11 is 5.34. The lowest BCUT2D eigenvalue weighted by molar-refractivity contribution is 0.102. The van der Waals surface area contributed by atoms with Crippen LogP contribution in [0.1, 0.15) is 28.9 Å². The van der Waals surface area contributed by atoms with Gasteiger partial charge in [0.15, 0.2) is 22.4 Å². The van der Waals surface area contributed by atoms with Crippen molar-refractivity contribution in [2.24, 2.45) is 0 Å². The zero-order valence-corrected chi connectivity index (χ0v) is 17.0. The summed E-state index contributed by atoms with van der Waals surface area (Å²) in [6.45, 7) is 1.84. The van der Waals surface area contributed by atoms with E-state index in [0.29, 0.717) is 39.2 Å². The quantitative estimate of drug-likeness (QED) is 0.571. The fraction of sp³-hybridized carbons (Fsp3) is 0.238. The van der Waals surface area contributed by atoms with Crippen molar-refractivity contribution in [1.82, 2.24) is 10.6 Å². The second kappa shape index (κ2) is 8.31. The number of carbonyl (C=O) groups is 1. The molecule has 0 radical (unpaired) electrons. The molecular formula is C21H22N2O4S. The third kappa shape index (κ3) is 3.66. The summed E-state index contributed by atoms with van der Waals surface area (Å²) in [4.78, 5) is 13.3. The molecule has 1 heterocycles. The predicted molar refractivity (Wildman–Crippen MR) is 111 cm³/mol. The van der Waals surface area contributed by atoms with E-state index >= 15 is 0 Å². The average Bonchev–Trinajstić information content (AvgIpc) is 2.72. The lowest BCUT2D eigenvalue weighted by Crippen LogP contribution is -2.45. The van der Waals surface area contributed by atoms with Gasteiger partial charge in [-0.25, -0.2) is 0 Å². The highest BCUT2D eigenvalue weighted by Gasteiger charge is 2.33. The van der Waals surface area contributed by atoms with Gasteiger partial charge >= 0.3 is 0 Å². The molecule has 1 atom stereocenters. The maximum absolute atomic E-state index is 13.3. The minimum Gasteiger partial charge on any atom is -0.496 e. The van der Waals surface area contributed by atoms with Crippen LogP contribution in [0.4, 0.5) is 0 Å². The summed E-state index contributed by atoms with van der Waals surface area (Å²) in [6.07, 6.45) is 0. The number of hydrogen-bond donors (Lipinski definition) is 2. The first-order valence-electron chi connectivity index (χ1n) is 8.68. The number of allylic oxidation sites excluding steroid dienone is 1. The maximum Gasteiger partial charge on any atom is 0.193 e. The summed E-state index contributed by atoms with van der Waals surface area (Å²) < 4.78 is 16.4. The maximum atomic E-state index is 13.3. The van der Waals surface area contributed by atoms with Crippen LogP contribution in [0, 0.1) is 0 Å². The van der Waals surface area contributed by atoms with Crippen LogP contribution in [0.5, 0.6) is 17.2 Å². The zero-order valence-electron chi connectivity index (χ0n) is 16.2. The van der Waals surface area contributed by atoms with Crippen LogP contribution in [0.25, 0.3) is 0 Å². The molecule has 28 heavy (non-hydrogen) atoms. The highest BCUT2D eigenvalue weighted by atomic mass is 32.1. The third-order valence-electron chi connectivity index (χ3n) is 4.60. The van der Waals surface area contributed by atoms with Gasteiger partial charge in [0.1, 0.15) is 5.75 Å². The standard InChI is InChI=1S/C21H22N2O4S/c1-12-18(20(24)13-8-6-5-7-9-13)19(23-21(28)22-12)14-10-16(26-3)17(27-4)11-15(14)25-2/h5-11,19H,1-4H3,(H2,22,23,28). The summed E-state index contributed by atoms with van der Waals surface area (Å²) in [7, 11) is 4.69. The molecule has 0 spiro atoms. The van der Waals surface area contributed by atoms with E-state index in [0.717, 1.165) is 5.56 Å². The van der Waals surface area contributed by atoms with Crippen molar-refractivity contribution in [3.63, 3.8) is 0 Å². The number of carbonyl (C=O) groups excluding carboxylic acids is 1. The molecule has 0 fully saturated rings. The van der Waals surface area contributed by atoms with Crippen molar-refractivity contribution in [3.8, 4) is 17.2 Å². The van der Waals surface area contributed by atoms with Crippen molar-refractivity contribution >= 4 is 23.1 Å². The van der Waals surface area contributed by atoms with Crippen LogP contribution in [0.15, 0.2) is 53.7 Å². The van der Waals surface area contributed by atoms with Crippen molar-refractivity contribution in [2.75, 3.05) is 21.3 Å². The Morgan fingerprint density at radius 2 is 1.57 bits per heavy atom. The summed E-state index contributed by atoms with van der Waals surface area (Å²) in [5.41, 5.74) is 2.57. The van der Waals surface area contributed by atoms with Gasteiger partial charge in [-0.15, -0.1) is 0 Å². The Morgan fingerprint density at radius 3 is 2.18 bits per heavy atom. The lowest BCUT2D eigenvalue weighted by Gasteiger charge is -2.31. The van der Waals surface area contributed by atoms with E-state index in [9.17, 15) is 4.79 Å². The van der Waals surface area contributed by atoms with Crippen LogP contribution in [-0.4, -0.2) is 32.2 Å². The molecule has 1 unspecified atom stereocenters. The van der Waals surface area contributed by atoms with Crippen LogP contribution >= 0.6 is 12.2 Å². The summed E-state index contributed by atoms with van der Waals surface area (Å²) in [6, 6.07) is 12.2. The highest BCUT2D eigenvalue weighted by molar-refractivity contribution is 7.80. The number of thiocarbonyl (C=S) groups is 1. The number of ketones is 1. The fourth-order valence-electron chi connectivity index (χ4n) is 3.25. The van der Waals surface area contributed by atoms with Crippen molar-refractivity contribution < 1.29 is 19.0 Å². The van der Waals surface area contributed by atoms with E-state index in [1.165, 1.54) is 0 Å². The topological polar surface area (TPSA) is 68.8 Å². The van der Waals surface area contributed by atoms with E-state index in [2.05, 4.69) is 10.6 Å². The number of Topliss-reactive ketones (excluding diaryl/α,β-unsaturated/α-hetero) is 1. The smallest absolute Gasteiger partial charge is 0.193 e. The van der Waals surface area contributed by atoms with Gasteiger partial charge in [0.05, 0.1) is 27.4 Å². The Kier molecular flexibility index (Phi) is 5.84. The van der Waals surface area contributed by atoms with Crippen LogP contribution in [0.2, 0.25) is 0 Å². The predicted octanol–water partition coefficient (Wildman–Crippen LogP) is 3.39. The molecule has 2 aromatic rings. The SMILES string of the molecule is COc1cc(OC)c(C2NC(=S)NC(C)=C2C(=O)c2ccccc2)cc1OC. The number of ether oxygens (including phenoxy) is 3. The molecule has 2 aromatic carbocycles. The van der Waals surface area contributed by atoms with Crippen molar-refractivity contribution in [2.45, 2.75) is 13.0 Å². The normalized spacial score (nSPS) is 16.1. The Balaban J connectivity index is 2.17. The lowest BCUT2D eigenvalue weighted by atomic mass is 9.89. The van der Waals surface area contributed by atoms with Gasteiger partial charge in [0.25, 0.3) is 0 Å². The number of hydrogen-bond acceptors (Lipinski definition) is 5. The number of methoxy groups -OCH3 is 3. The molecule has 1 aliphatic heterocycles. The van der Waals surface area contributed by atoms with E-state index in [-0.39, 0.29) is 5.78 Å². The Morgan fingerprint density at radius 1 is 0.964 bits per heavy atom. The Bertz CT molecular complexity index is 941. The van der Waals surface area contributed by atoms with Crippen LogP contribution in [0.3, 0.4) is 0 Å².